The van der Waals surface area contributed by atoms with Gasteiger partial charge in [-0.3, -0.25) is 9.69 Å². The van der Waals surface area contributed by atoms with E-state index in [0.717, 1.165) is 24.4 Å². The summed E-state index contributed by atoms with van der Waals surface area (Å²) in [5.74, 6) is 1.02. The van der Waals surface area contributed by atoms with E-state index in [1.54, 1.807) is 0 Å². The molecular weight excluding hydrogens is 298 g/mol. The first-order chi connectivity index (χ1) is 11.5. The molecule has 2 unspecified atom stereocenters. The van der Waals surface area contributed by atoms with Gasteiger partial charge < -0.3 is 11.1 Å². The van der Waals surface area contributed by atoms with Crippen molar-refractivity contribution in [3.8, 4) is 0 Å². The van der Waals surface area contributed by atoms with Gasteiger partial charge in [-0.2, -0.15) is 0 Å². The first-order valence-electron chi connectivity index (χ1n) is 9.33. The fourth-order valence-electron chi connectivity index (χ4n) is 3.06. The monoisotopic (exact) mass is 331 g/mol. The second-order valence-corrected chi connectivity index (χ2v) is 7.40. The van der Waals surface area contributed by atoms with Gasteiger partial charge in [-0.25, -0.2) is 0 Å². The molecule has 1 amide bonds. The van der Waals surface area contributed by atoms with E-state index >= 15 is 0 Å². The van der Waals surface area contributed by atoms with E-state index in [-0.39, 0.29) is 11.8 Å². The molecule has 24 heavy (non-hydrogen) atoms. The molecule has 0 spiro atoms. The van der Waals surface area contributed by atoms with Crippen LogP contribution in [-0.4, -0.2) is 29.9 Å². The van der Waals surface area contributed by atoms with Crippen LogP contribution in [-0.2, 0) is 17.9 Å². The average molecular weight is 332 g/mol. The molecule has 4 heteroatoms. The summed E-state index contributed by atoms with van der Waals surface area (Å²) >= 11 is 0. The molecular formula is C20H33N3O. The van der Waals surface area contributed by atoms with Crippen molar-refractivity contribution in [3.63, 3.8) is 0 Å². The van der Waals surface area contributed by atoms with E-state index in [2.05, 4.69) is 48.3 Å². The zero-order valence-corrected chi connectivity index (χ0v) is 15.4. The van der Waals surface area contributed by atoms with Crippen LogP contribution < -0.4 is 11.1 Å². The summed E-state index contributed by atoms with van der Waals surface area (Å²) in [6, 6.07) is 8.15. The van der Waals surface area contributed by atoms with E-state index in [0.29, 0.717) is 6.54 Å². The van der Waals surface area contributed by atoms with Crippen LogP contribution in [0.2, 0.25) is 0 Å². The number of nitrogens with two attached hydrogens (primary N) is 1. The molecule has 0 radical (unpaired) electrons. The van der Waals surface area contributed by atoms with Crippen molar-refractivity contribution in [3.05, 3.63) is 35.4 Å². The van der Waals surface area contributed by atoms with Gasteiger partial charge >= 0.3 is 0 Å². The number of rotatable bonds is 7. The Morgan fingerprint density at radius 2 is 1.83 bits per heavy atom. The summed E-state index contributed by atoms with van der Waals surface area (Å²) in [6.07, 6.45) is 3.53. The molecule has 2 atom stereocenters. The summed E-state index contributed by atoms with van der Waals surface area (Å²) in [4.78, 5) is 14.6. The number of hydrogen-bond acceptors (Lipinski definition) is 3. The van der Waals surface area contributed by atoms with Gasteiger partial charge in [-0.15, -0.1) is 0 Å². The van der Waals surface area contributed by atoms with Gasteiger partial charge in [0.2, 0.25) is 5.91 Å². The largest absolute Gasteiger partial charge is 0.351 e. The molecule has 4 nitrogen and oxygen atoms in total. The van der Waals surface area contributed by atoms with E-state index < -0.39 is 6.04 Å². The number of hydrogen-bond donors (Lipinski definition) is 2. The van der Waals surface area contributed by atoms with Crippen molar-refractivity contribution in [2.24, 2.45) is 17.6 Å². The Kier molecular flexibility index (Phi) is 7.25. The highest BCUT2D eigenvalue weighted by atomic mass is 16.2. The average Bonchev–Trinajstić information content (AvgIpc) is 2.61. The number of nitrogens with zero attached hydrogens (tertiary/aromatic N) is 1. The standard InChI is InChI=1S/C20H33N3O/c1-4-16(3)19(21)20(24)22-13-17-5-7-18(8-6-17)14-23-11-9-15(2)10-12-23/h5-8,15-16,19H,4,9-14,21H2,1-3H3,(H,22,24). The summed E-state index contributed by atoms with van der Waals surface area (Å²) in [7, 11) is 0. The molecule has 1 fully saturated rings. The highest BCUT2D eigenvalue weighted by Crippen LogP contribution is 2.18. The molecule has 0 aromatic heterocycles. The molecule has 0 aliphatic carbocycles. The SMILES string of the molecule is CCC(C)C(N)C(=O)NCc1ccc(CN2CCC(C)CC2)cc1. The first-order valence-corrected chi connectivity index (χ1v) is 9.33. The third kappa shape index (κ3) is 5.60. The van der Waals surface area contributed by atoms with E-state index in [9.17, 15) is 4.79 Å². The minimum Gasteiger partial charge on any atom is -0.351 e. The third-order valence-corrected chi connectivity index (χ3v) is 5.33. The molecule has 1 aliphatic rings. The molecule has 1 aliphatic heterocycles. The van der Waals surface area contributed by atoms with Gasteiger partial charge in [0.1, 0.15) is 0 Å². The van der Waals surface area contributed by atoms with Crippen LogP contribution in [0.3, 0.4) is 0 Å². The van der Waals surface area contributed by atoms with Crippen LogP contribution in [0, 0.1) is 11.8 Å². The van der Waals surface area contributed by atoms with Gasteiger partial charge in [0.05, 0.1) is 6.04 Å². The van der Waals surface area contributed by atoms with E-state index in [4.69, 9.17) is 5.73 Å². The number of carbonyl (C=O) groups is 1. The topological polar surface area (TPSA) is 58.4 Å². The molecule has 1 saturated heterocycles. The smallest absolute Gasteiger partial charge is 0.237 e. The minimum absolute atomic E-state index is 0.0594. The van der Waals surface area contributed by atoms with Crippen molar-refractivity contribution in [1.82, 2.24) is 10.2 Å². The number of carbonyl (C=O) groups excluding carboxylic acids is 1. The zero-order valence-electron chi connectivity index (χ0n) is 15.4. The van der Waals surface area contributed by atoms with Gasteiger partial charge in [0.25, 0.3) is 0 Å². The summed E-state index contributed by atoms with van der Waals surface area (Å²) in [5, 5.41) is 2.95. The number of likely N-dealkylation sites (tertiary alicyclic amines) is 1. The van der Waals surface area contributed by atoms with Crippen LogP contribution >= 0.6 is 0 Å². The number of amides is 1. The Morgan fingerprint density at radius 1 is 1.25 bits per heavy atom. The second-order valence-electron chi connectivity index (χ2n) is 7.40. The van der Waals surface area contributed by atoms with Crippen LogP contribution in [0.5, 0.6) is 0 Å². The lowest BCUT2D eigenvalue weighted by molar-refractivity contribution is -0.123. The Morgan fingerprint density at radius 3 is 2.42 bits per heavy atom. The van der Waals surface area contributed by atoms with E-state index in [1.807, 2.05) is 6.92 Å². The zero-order chi connectivity index (χ0) is 17.5. The molecule has 1 aromatic rings. The Balaban J connectivity index is 1.78. The Labute approximate surface area is 146 Å². The Hall–Kier alpha value is -1.39. The molecule has 134 valence electrons. The third-order valence-electron chi connectivity index (χ3n) is 5.33. The maximum absolute atomic E-state index is 12.0. The first kappa shape index (κ1) is 18.9. The second kappa shape index (κ2) is 9.19. The van der Waals surface area contributed by atoms with Crippen LogP contribution in [0.1, 0.15) is 51.2 Å². The van der Waals surface area contributed by atoms with Crippen LogP contribution in [0.25, 0.3) is 0 Å². The summed E-state index contributed by atoms with van der Waals surface area (Å²) < 4.78 is 0. The van der Waals surface area contributed by atoms with Crippen LogP contribution in [0.15, 0.2) is 24.3 Å². The maximum atomic E-state index is 12.0. The molecule has 1 aromatic carbocycles. The lowest BCUT2D eigenvalue weighted by Crippen LogP contribution is -2.44. The normalized spacial score (nSPS) is 19.0. The molecule has 1 heterocycles. The van der Waals surface area contributed by atoms with Crippen molar-refractivity contribution < 1.29 is 4.79 Å². The highest BCUT2D eigenvalue weighted by Gasteiger charge is 2.19. The van der Waals surface area contributed by atoms with Gasteiger partial charge in [0, 0.05) is 13.1 Å². The van der Waals surface area contributed by atoms with E-state index in [1.165, 1.54) is 31.5 Å². The molecule has 0 bridgehead atoms. The minimum atomic E-state index is -0.421. The number of piperidine rings is 1. The molecule has 3 N–H and O–H groups in total. The highest BCUT2D eigenvalue weighted by molar-refractivity contribution is 5.81. The van der Waals surface area contributed by atoms with Gasteiger partial charge in [-0.05, 0) is 48.9 Å². The number of benzene rings is 1. The summed E-state index contributed by atoms with van der Waals surface area (Å²) in [5.41, 5.74) is 8.42. The lowest BCUT2D eigenvalue weighted by Gasteiger charge is -2.30. The van der Waals surface area contributed by atoms with Crippen molar-refractivity contribution >= 4 is 5.91 Å². The predicted molar refractivity (Wildman–Crippen MR) is 99.4 cm³/mol. The maximum Gasteiger partial charge on any atom is 0.237 e. The fourth-order valence-corrected chi connectivity index (χ4v) is 3.06. The van der Waals surface area contributed by atoms with Crippen molar-refractivity contribution in [1.29, 1.82) is 0 Å². The van der Waals surface area contributed by atoms with Crippen LogP contribution in [0.4, 0.5) is 0 Å². The van der Waals surface area contributed by atoms with Crippen molar-refractivity contribution in [2.45, 2.75) is 59.2 Å². The lowest BCUT2D eigenvalue weighted by atomic mass is 9.98. The summed E-state index contributed by atoms with van der Waals surface area (Å²) in [6.45, 7) is 10.4. The van der Waals surface area contributed by atoms with Gasteiger partial charge in [-0.1, -0.05) is 51.5 Å². The quantitative estimate of drug-likeness (QED) is 0.808. The predicted octanol–water partition coefficient (Wildman–Crippen LogP) is 2.91. The fraction of sp³-hybridized carbons (Fsp3) is 0.650. The molecule has 2 rings (SSSR count). The Bertz CT molecular complexity index is 506. The number of nitrogens with one attached hydrogen (secondary N) is 1. The van der Waals surface area contributed by atoms with Crippen molar-refractivity contribution in [2.75, 3.05) is 13.1 Å². The van der Waals surface area contributed by atoms with Gasteiger partial charge in [0.15, 0.2) is 0 Å². The molecule has 0 saturated carbocycles.